The van der Waals surface area contributed by atoms with Gasteiger partial charge in [-0.2, -0.15) is 5.10 Å². The van der Waals surface area contributed by atoms with Crippen molar-refractivity contribution in [3.05, 3.63) is 94.7 Å². The second kappa shape index (κ2) is 9.72. The molecule has 172 valence electrons. The normalized spacial score (nSPS) is 10.6. The lowest BCUT2D eigenvalue weighted by Gasteiger charge is -2.13. The molecule has 2 aromatic heterocycles. The Hall–Kier alpha value is -4.24. The van der Waals surface area contributed by atoms with E-state index in [1.807, 2.05) is 6.07 Å². The van der Waals surface area contributed by atoms with Crippen LogP contribution in [0.5, 0.6) is 5.75 Å². The van der Waals surface area contributed by atoms with Crippen LogP contribution in [0.25, 0.3) is 5.82 Å². The van der Waals surface area contributed by atoms with Crippen molar-refractivity contribution in [3.8, 4) is 11.6 Å². The largest absolute Gasteiger partial charge is 0.495 e. The summed E-state index contributed by atoms with van der Waals surface area (Å²) in [6.45, 7) is 1.76. The fourth-order valence-electron chi connectivity index (χ4n) is 3.29. The monoisotopic (exact) mass is 479 g/mol. The van der Waals surface area contributed by atoms with Crippen LogP contribution in [-0.2, 0) is 0 Å². The number of ether oxygens (including phenoxy) is 1. The fourth-order valence-corrected chi connectivity index (χ4v) is 3.45. The second-order valence-electron chi connectivity index (χ2n) is 7.19. The molecule has 0 radical (unpaired) electrons. The molecule has 2 N–H and O–H groups in total. The number of methoxy groups -OCH3 is 1. The van der Waals surface area contributed by atoms with Crippen molar-refractivity contribution in [1.29, 1.82) is 0 Å². The first-order chi connectivity index (χ1) is 16.4. The van der Waals surface area contributed by atoms with Crippen LogP contribution in [0.4, 0.5) is 15.8 Å². The second-order valence-corrected chi connectivity index (χ2v) is 7.63. The first-order valence-corrected chi connectivity index (χ1v) is 10.5. The van der Waals surface area contributed by atoms with Gasteiger partial charge in [0.15, 0.2) is 5.82 Å². The lowest BCUT2D eigenvalue weighted by molar-refractivity contribution is 0.101. The minimum Gasteiger partial charge on any atom is -0.495 e. The molecule has 0 saturated heterocycles. The number of amides is 2. The molecule has 0 spiro atoms. The van der Waals surface area contributed by atoms with E-state index in [4.69, 9.17) is 16.3 Å². The van der Waals surface area contributed by atoms with Crippen molar-refractivity contribution in [3.63, 3.8) is 0 Å². The van der Waals surface area contributed by atoms with Gasteiger partial charge in [-0.3, -0.25) is 9.59 Å². The molecule has 0 saturated carbocycles. The van der Waals surface area contributed by atoms with E-state index in [2.05, 4.69) is 20.7 Å². The zero-order valence-corrected chi connectivity index (χ0v) is 18.9. The van der Waals surface area contributed by atoms with Gasteiger partial charge in [0, 0.05) is 16.9 Å². The van der Waals surface area contributed by atoms with E-state index < -0.39 is 17.6 Å². The topological polar surface area (TPSA) is 98.1 Å². The third-order valence-electron chi connectivity index (χ3n) is 5.00. The van der Waals surface area contributed by atoms with Gasteiger partial charge in [-0.15, -0.1) is 0 Å². The number of rotatable bonds is 6. The fraction of sp³-hybridized carbons (Fsp3) is 0.0833. The Morgan fingerprint density at radius 3 is 2.53 bits per heavy atom. The van der Waals surface area contributed by atoms with Crippen LogP contribution in [0.1, 0.15) is 26.4 Å². The van der Waals surface area contributed by atoms with Crippen LogP contribution < -0.4 is 15.4 Å². The number of benzene rings is 2. The van der Waals surface area contributed by atoms with Crippen molar-refractivity contribution < 1.29 is 18.7 Å². The number of anilines is 2. The molecule has 0 unspecified atom stereocenters. The van der Waals surface area contributed by atoms with E-state index in [0.717, 1.165) is 6.07 Å². The van der Waals surface area contributed by atoms with E-state index in [1.54, 1.807) is 42.1 Å². The molecule has 0 bridgehead atoms. The Morgan fingerprint density at radius 2 is 1.82 bits per heavy atom. The van der Waals surface area contributed by atoms with Crippen molar-refractivity contribution in [2.75, 3.05) is 17.7 Å². The smallest absolute Gasteiger partial charge is 0.259 e. The lowest BCUT2D eigenvalue weighted by Crippen LogP contribution is -2.16. The summed E-state index contributed by atoms with van der Waals surface area (Å²) in [6, 6.07) is 13.9. The van der Waals surface area contributed by atoms with Crippen LogP contribution in [0.15, 0.2) is 67.0 Å². The first-order valence-electron chi connectivity index (χ1n) is 10.1. The molecule has 2 aromatic carbocycles. The van der Waals surface area contributed by atoms with Crippen molar-refractivity contribution in [2.24, 2.45) is 0 Å². The zero-order valence-electron chi connectivity index (χ0n) is 18.2. The number of nitrogens with zero attached hydrogens (tertiary/aromatic N) is 3. The molecule has 2 amide bonds. The van der Waals surface area contributed by atoms with Crippen molar-refractivity contribution in [2.45, 2.75) is 6.92 Å². The number of nitrogens with one attached hydrogen (secondary N) is 2. The van der Waals surface area contributed by atoms with E-state index in [-0.39, 0.29) is 16.3 Å². The summed E-state index contributed by atoms with van der Waals surface area (Å²) < 4.78 is 21.0. The van der Waals surface area contributed by atoms with Gasteiger partial charge in [0.05, 0.1) is 35.8 Å². The molecule has 2 heterocycles. The maximum absolute atomic E-state index is 14.1. The van der Waals surface area contributed by atoms with Gasteiger partial charge in [-0.25, -0.2) is 14.1 Å². The minimum atomic E-state index is -0.756. The number of halogens is 2. The zero-order chi connectivity index (χ0) is 24.2. The number of hydrogen-bond acceptors (Lipinski definition) is 5. The average molecular weight is 480 g/mol. The summed E-state index contributed by atoms with van der Waals surface area (Å²) in [6.07, 6.45) is 3.09. The quantitative estimate of drug-likeness (QED) is 0.410. The molecule has 0 aliphatic rings. The van der Waals surface area contributed by atoms with E-state index >= 15 is 0 Å². The molecule has 10 heteroatoms. The molecule has 4 aromatic rings. The van der Waals surface area contributed by atoms with Gasteiger partial charge in [-0.1, -0.05) is 17.7 Å². The number of carbonyl (C=O) groups excluding carboxylic acids is 2. The molecule has 0 atom stereocenters. The Morgan fingerprint density at radius 1 is 1.03 bits per heavy atom. The molecule has 34 heavy (non-hydrogen) atoms. The standard InChI is InChI=1S/C24H19ClFN5O3/c1-14-18(13-28-31(14)22-5-3-4-10-27-22)24(33)29-16-7-9-21(34-2)20(12-16)30-23(32)17-8-6-15(25)11-19(17)26/h3-13H,1-2H3,(H,29,33)(H,30,32). The average Bonchev–Trinajstić information content (AvgIpc) is 3.21. The number of hydrogen-bond donors (Lipinski definition) is 2. The highest BCUT2D eigenvalue weighted by atomic mass is 35.5. The van der Waals surface area contributed by atoms with Crippen LogP contribution >= 0.6 is 11.6 Å². The summed E-state index contributed by atoms with van der Waals surface area (Å²) in [5.41, 5.74) is 1.42. The Bertz CT molecular complexity index is 1370. The number of carbonyl (C=O) groups is 2. The molecule has 4 rings (SSSR count). The maximum atomic E-state index is 14.1. The minimum absolute atomic E-state index is 0.179. The lowest BCUT2D eigenvalue weighted by atomic mass is 10.1. The highest BCUT2D eigenvalue weighted by Crippen LogP contribution is 2.29. The first kappa shape index (κ1) is 22.9. The molecular weight excluding hydrogens is 461 g/mol. The summed E-state index contributed by atoms with van der Waals surface area (Å²) >= 11 is 5.76. The van der Waals surface area contributed by atoms with Crippen molar-refractivity contribution in [1.82, 2.24) is 14.8 Å². The summed E-state index contributed by atoms with van der Waals surface area (Å²) in [5, 5.41) is 9.81. The number of pyridine rings is 1. The SMILES string of the molecule is COc1ccc(NC(=O)c2cnn(-c3ccccn3)c2C)cc1NC(=O)c1ccc(Cl)cc1F. The van der Waals surface area contributed by atoms with Gasteiger partial charge < -0.3 is 15.4 Å². The third kappa shape index (κ3) is 4.74. The summed E-state index contributed by atoms with van der Waals surface area (Å²) in [5.74, 6) is -0.925. The predicted octanol–water partition coefficient (Wildman–Crippen LogP) is 4.88. The van der Waals surface area contributed by atoms with Crippen LogP contribution in [0.2, 0.25) is 5.02 Å². The van der Waals surface area contributed by atoms with Crippen LogP contribution in [0, 0.1) is 12.7 Å². The third-order valence-corrected chi connectivity index (χ3v) is 5.24. The Balaban J connectivity index is 1.56. The Kier molecular flexibility index (Phi) is 6.55. The van der Waals surface area contributed by atoms with E-state index in [9.17, 15) is 14.0 Å². The van der Waals surface area contributed by atoms with Gasteiger partial charge in [0.1, 0.15) is 11.6 Å². The van der Waals surface area contributed by atoms with E-state index in [0.29, 0.717) is 28.5 Å². The molecule has 0 aliphatic heterocycles. The highest BCUT2D eigenvalue weighted by Gasteiger charge is 2.18. The predicted molar refractivity (Wildman–Crippen MR) is 126 cm³/mol. The Labute approximate surface area is 199 Å². The molecule has 0 fully saturated rings. The summed E-state index contributed by atoms with van der Waals surface area (Å²) in [4.78, 5) is 29.7. The van der Waals surface area contributed by atoms with Gasteiger partial charge in [0.2, 0.25) is 0 Å². The molecular formula is C24H19ClFN5O3. The van der Waals surface area contributed by atoms with E-state index in [1.165, 1.54) is 31.5 Å². The molecule has 8 nitrogen and oxygen atoms in total. The molecule has 0 aliphatic carbocycles. The number of aromatic nitrogens is 3. The van der Waals surface area contributed by atoms with Crippen LogP contribution in [0.3, 0.4) is 0 Å². The van der Waals surface area contributed by atoms with Gasteiger partial charge >= 0.3 is 0 Å². The summed E-state index contributed by atoms with van der Waals surface area (Å²) in [7, 11) is 1.43. The highest BCUT2D eigenvalue weighted by molar-refractivity contribution is 6.30. The van der Waals surface area contributed by atoms with Gasteiger partial charge in [0.25, 0.3) is 11.8 Å². The van der Waals surface area contributed by atoms with Gasteiger partial charge in [-0.05, 0) is 55.5 Å². The maximum Gasteiger partial charge on any atom is 0.259 e. The van der Waals surface area contributed by atoms with Crippen molar-refractivity contribution >= 4 is 34.8 Å². The van der Waals surface area contributed by atoms with Crippen LogP contribution in [-0.4, -0.2) is 33.7 Å².